The Kier molecular flexibility index (Phi) is 5.24. The van der Waals surface area contributed by atoms with Crippen molar-refractivity contribution in [2.24, 2.45) is 29.4 Å². The number of rotatable bonds is 7. The van der Waals surface area contributed by atoms with E-state index in [-0.39, 0.29) is 24.1 Å². The highest BCUT2D eigenvalue weighted by atomic mass is 16.2. The quantitative estimate of drug-likeness (QED) is 0.525. The van der Waals surface area contributed by atoms with Gasteiger partial charge in [0.15, 0.2) is 0 Å². The van der Waals surface area contributed by atoms with Crippen molar-refractivity contribution in [3.8, 4) is 0 Å². The Hall–Kier alpha value is -2.74. The van der Waals surface area contributed by atoms with Crippen LogP contribution in [0.3, 0.4) is 0 Å². The number of piperidine rings is 1. The van der Waals surface area contributed by atoms with E-state index in [1.807, 2.05) is 12.1 Å². The Labute approximate surface area is 199 Å². The number of hydrogen-bond donors (Lipinski definition) is 3. The van der Waals surface area contributed by atoms with Gasteiger partial charge in [0.1, 0.15) is 6.04 Å². The zero-order valence-corrected chi connectivity index (χ0v) is 19.3. The predicted molar refractivity (Wildman–Crippen MR) is 123 cm³/mol. The number of nitrogens with one attached hydrogen (secondary N) is 2. The molecule has 8 heteroatoms. The monoisotopic (exact) mass is 464 g/mol. The number of imide groups is 1. The third-order valence-corrected chi connectivity index (χ3v) is 9.17. The van der Waals surface area contributed by atoms with E-state index in [2.05, 4.69) is 10.6 Å². The second kappa shape index (κ2) is 8.18. The molecular formula is C26H32N4O4. The molecule has 4 N–H and O–H groups in total. The van der Waals surface area contributed by atoms with Gasteiger partial charge in [-0.15, -0.1) is 0 Å². The van der Waals surface area contributed by atoms with Gasteiger partial charge in [-0.2, -0.15) is 0 Å². The Morgan fingerprint density at radius 1 is 1.15 bits per heavy atom. The van der Waals surface area contributed by atoms with Crippen molar-refractivity contribution in [2.75, 3.05) is 0 Å². The topological polar surface area (TPSA) is 122 Å². The van der Waals surface area contributed by atoms with Crippen LogP contribution in [0.2, 0.25) is 0 Å². The Morgan fingerprint density at radius 2 is 1.91 bits per heavy atom. The van der Waals surface area contributed by atoms with Crippen molar-refractivity contribution in [3.63, 3.8) is 0 Å². The standard InChI is InChI=1S/C26H32N4O4/c27-20(24(32)29-23-17-10-14-9-15(17)11-18(14)23)6-2-4-13-3-1-5-16-19(13)12-30(26(16)34)21-7-8-22(31)28-25(21)33/h1,3,5,14-15,17-18,20-21,23H,2,4,6-12,27H2,(H,29,32)(H,28,31,33)/t14?,15?,17?,18?,20-,21?,23?/m0/s1. The average molecular weight is 465 g/mol. The number of nitrogens with two attached hydrogens (primary N) is 1. The van der Waals surface area contributed by atoms with Crippen molar-refractivity contribution in [1.29, 1.82) is 0 Å². The first-order valence-electron chi connectivity index (χ1n) is 12.7. The first kappa shape index (κ1) is 21.8. The number of hydrogen-bond acceptors (Lipinski definition) is 5. The summed E-state index contributed by atoms with van der Waals surface area (Å²) in [4.78, 5) is 51.1. The van der Waals surface area contributed by atoms with Crippen LogP contribution in [0.5, 0.6) is 0 Å². The van der Waals surface area contributed by atoms with E-state index in [1.54, 1.807) is 11.0 Å². The molecule has 6 atom stereocenters. The van der Waals surface area contributed by atoms with Gasteiger partial charge in [-0.1, -0.05) is 12.1 Å². The van der Waals surface area contributed by atoms with Crippen molar-refractivity contribution in [3.05, 3.63) is 34.9 Å². The number of aryl methyl sites for hydroxylation is 1. The van der Waals surface area contributed by atoms with E-state index in [0.717, 1.165) is 35.8 Å². The highest BCUT2D eigenvalue weighted by Gasteiger charge is 2.60. The van der Waals surface area contributed by atoms with Gasteiger partial charge in [-0.3, -0.25) is 24.5 Å². The van der Waals surface area contributed by atoms with Crippen LogP contribution in [0.4, 0.5) is 0 Å². The van der Waals surface area contributed by atoms with Gasteiger partial charge in [0.2, 0.25) is 17.7 Å². The molecule has 4 aliphatic carbocycles. The van der Waals surface area contributed by atoms with E-state index in [4.69, 9.17) is 5.73 Å². The summed E-state index contributed by atoms with van der Waals surface area (Å²) in [6, 6.07) is 4.88. The molecular weight excluding hydrogens is 432 g/mol. The van der Waals surface area contributed by atoms with Crippen molar-refractivity contribution in [1.82, 2.24) is 15.5 Å². The molecule has 6 aliphatic rings. The lowest BCUT2D eigenvalue weighted by atomic mass is 9.94. The minimum atomic E-state index is -0.612. The lowest BCUT2D eigenvalue weighted by Crippen LogP contribution is -2.52. The average Bonchev–Trinajstić information content (AvgIpc) is 3.61. The summed E-state index contributed by atoms with van der Waals surface area (Å²) in [5.41, 5.74) is 8.88. The van der Waals surface area contributed by atoms with Crippen LogP contribution in [0.15, 0.2) is 18.2 Å². The normalized spacial score (nSPS) is 34.0. The highest BCUT2D eigenvalue weighted by Crippen LogP contribution is 2.62. The SMILES string of the molecule is N[C@@H](CCCc1cccc2c1CN(C1CCC(=O)NC1=O)C2=O)C(=O)NC1C2CC3CC2CC31. The molecule has 0 aromatic heterocycles. The van der Waals surface area contributed by atoms with Crippen LogP contribution in [-0.2, 0) is 27.3 Å². The molecule has 4 amide bonds. The molecule has 180 valence electrons. The number of carbonyl (C=O) groups is 4. The van der Waals surface area contributed by atoms with Crippen molar-refractivity contribution in [2.45, 2.75) is 76.0 Å². The van der Waals surface area contributed by atoms with Gasteiger partial charge < -0.3 is 16.0 Å². The van der Waals surface area contributed by atoms with E-state index < -0.39 is 18.0 Å². The van der Waals surface area contributed by atoms with Crippen LogP contribution >= 0.6 is 0 Å². The molecule has 7 rings (SSSR count). The minimum absolute atomic E-state index is 0.0271. The summed E-state index contributed by atoms with van der Waals surface area (Å²) < 4.78 is 0. The lowest BCUT2D eigenvalue weighted by Gasteiger charge is -2.29. The van der Waals surface area contributed by atoms with E-state index >= 15 is 0 Å². The molecule has 0 spiro atoms. The fraction of sp³-hybridized carbons (Fsp3) is 0.615. The molecule has 1 aromatic rings. The highest BCUT2D eigenvalue weighted by molar-refractivity contribution is 6.05. The number of carbonyl (C=O) groups excluding carboxylic acids is 4. The van der Waals surface area contributed by atoms with Gasteiger partial charge in [0.05, 0.1) is 6.04 Å². The molecule has 34 heavy (non-hydrogen) atoms. The summed E-state index contributed by atoms with van der Waals surface area (Å²) in [5, 5.41) is 5.61. The maximum Gasteiger partial charge on any atom is 0.255 e. The Morgan fingerprint density at radius 3 is 2.62 bits per heavy atom. The maximum absolute atomic E-state index is 13.0. The van der Waals surface area contributed by atoms with Crippen LogP contribution in [0.25, 0.3) is 0 Å². The van der Waals surface area contributed by atoms with Crippen LogP contribution < -0.4 is 16.4 Å². The summed E-state index contributed by atoms with van der Waals surface area (Å²) in [6.07, 6.45) is 6.58. The molecule has 1 aromatic carbocycles. The molecule has 4 saturated carbocycles. The van der Waals surface area contributed by atoms with E-state index in [9.17, 15) is 19.2 Å². The number of nitrogens with zero attached hydrogens (tertiary/aromatic N) is 1. The molecule has 0 radical (unpaired) electrons. The maximum atomic E-state index is 13.0. The van der Waals surface area contributed by atoms with Crippen molar-refractivity contribution < 1.29 is 19.2 Å². The van der Waals surface area contributed by atoms with E-state index in [1.165, 1.54) is 19.3 Å². The second-order valence-electron chi connectivity index (χ2n) is 10.9. The zero-order chi connectivity index (χ0) is 23.6. The Bertz CT molecular complexity index is 1050. The molecule has 2 heterocycles. The van der Waals surface area contributed by atoms with Crippen LogP contribution in [0, 0.1) is 23.7 Å². The molecule has 5 unspecified atom stereocenters. The molecule has 5 fully saturated rings. The summed E-state index contributed by atoms with van der Waals surface area (Å²) in [7, 11) is 0. The molecule has 8 nitrogen and oxygen atoms in total. The van der Waals surface area contributed by atoms with Gasteiger partial charge >= 0.3 is 0 Å². The molecule has 2 aliphatic heterocycles. The zero-order valence-electron chi connectivity index (χ0n) is 19.3. The lowest BCUT2D eigenvalue weighted by molar-refractivity contribution is -0.137. The Balaban J connectivity index is 1.04. The fourth-order valence-corrected chi connectivity index (χ4v) is 7.57. The second-order valence-corrected chi connectivity index (χ2v) is 10.9. The smallest absolute Gasteiger partial charge is 0.255 e. The summed E-state index contributed by atoms with van der Waals surface area (Å²) in [5.74, 6) is 2.10. The van der Waals surface area contributed by atoms with Crippen LogP contribution in [-0.4, -0.2) is 46.7 Å². The van der Waals surface area contributed by atoms with Crippen molar-refractivity contribution >= 4 is 23.6 Å². The van der Waals surface area contributed by atoms with E-state index in [0.29, 0.717) is 42.8 Å². The van der Waals surface area contributed by atoms with Crippen LogP contribution in [0.1, 0.15) is 66.4 Å². The van der Waals surface area contributed by atoms with Gasteiger partial charge in [0.25, 0.3) is 5.91 Å². The third kappa shape index (κ3) is 3.45. The first-order chi connectivity index (χ1) is 16.4. The third-order valence-electron chi connectivity index (χ3n) is 9.17. The number of benzene rings is 1. The first-order valence-corrected chi connectivity index (χ1v) is 12.7. The molecule has 1 saturated heterocycles. The summed E-state index contributed by atoms with van der Waals surface area (Å²) in [6.45, 7) is 0.371. The minimum Gasteiger partial charge on any atom is -0.351 e. The summed E-state index contributed by atoms with van der Waals surface area (Å²) >= 11 is 0. The fourth-order valence-electron chi connectivity index (χ4n) is 7.57. The van der Waals surface area contributed by atoms with Gasteiger partial charge in [0, 0.05) is 24.6 Å². The largest absolute Gasteiger partial charge is 0.351 e. The number of fused-ring (bicyclic) bond motifs is 1. The predicted octanol–water partition coefficient (Wildman–Crippen LogP) is 1.26. The van der Waals surface area contributed by atoms with Gasteiger partial charge in [-0.05, 0) is 85.8 Å². The van der Waals surface area contributed by atoms with Gasteiger partial charge in [-0.25, -0.2) is 0 Å². The molecule has 4 bridgehead atoms. The number of amides is 4.